The lowest BCUT2D eigenvalue weighted by Crippen LogP contribution is -2.45. The molecular formula is C18H17F2N3O2. The van der Waals surface area contributed by atoms with Crippen LogP contribution in [0.15, 0.2) is 48.5 Å². The van der Waals surface area contributed by atoms with E-state index in [1.54, 1.807) is 12.1 Å². The molecule has 0 aromatic heterocycles. The van der Waals surface area contributed by atoms with Crippen molar-refractivity contribution in [2.24, 2.45) is 0 Å². The molecule has 0 aliphatic carbocycles. The zero-order valence-corrected chi connectivity index (χ0v) is 13.3. The average molecular weight is 345 g/mol. The number of nitrogens with zero attached hydrogens (tertiary/aromatic N) is 1. The summed E-state index contributed by atoms with van der Waals surface area (Å²) in [7, 11) is 0. The Morgan fingerprint density at radius 3 is 2.28 bits per heavy atom. The maximum absolute atomic E-state index is 13.0. The van der Waals surface area contributed by atoms with Crippen LogP contribution < -0.4 is 15.5 Å². The minimum absolute atomic E-state index is 0.231. The molecule has 0 spiro atoms. The molecule has 1 aliphatic heterocycles. The van der Waals surface area contributed by atoms with Crippen LogP contribution >= 0.6 is 0 Å². The molecule has 25 heavy (non-hydrogen) atoms. The molecule has 2 N–H and O–H groups in total. The number of rotatable bonds is 4. The maximum atomic E-state index is 13.0. The number of benzene rings is 2. The van der Waals surface area contributed by atoms with Gasteiger partial charge in [-0.25, -0.2) is 13.6 Å². The normalized spacial score (nSPS) is 16.8. The van der Waals surface area contributed by atoms with E-state index in [0.717, 1.165) is 5.56 Å². The molecule has 5 nitrogen and oxygen atoms in total. The third kappa shape index (κ3) is 4.12. The van der Waals surface area contributed by atoms with Crippen LogP contribution in [-0.4, -0.2) is 24.5 Å². The van der Waals surface area contributed by atoms with Crippen molar-refractivity contribution in [2.45, 2.75) is 19.0 Å². The standard InChI is InChI=1S/C18H17F2N3O2/c19-13-3-1-12(2-4-13)11-21-18(25)22-16-9-10-23(17(16)24)15-7-5-14(20)6-8-15/h1-8,16H,9-11H2,(H2,21,22,25)/t16-/m1/s1. The SMILES string of the molecule is O=C(NCc1ccc(F)cc1)N[C@@H]1CCN(c2ccc(F)cc2)C1=O. The van der Waals surface area contributed by atoms with Gasteiger partial charge in [0.25, 0.3) is 0 Å². The number of amides is 3. The fourth-order valence-corrected chi connectivity index (χ4v) is 2.69. The molecule has 1 aliphatic rings. The van der Waals surface area contributed by atoms with Gasteiger partial charge in [0.2, 0.25) is 5.91 Å². The summed E-state index contributed by atoms with van der Waals surface area (Å²) in [5.74, 6) is -0.945. The smallest absolute Gasteiger partial charge is 0.315 e. The van der Waals surface area contributed by atoms with E-state index in [-0.39, 0.29) is 24.1 Å². The molecular weight excluding hydrogens is 328 g/mol. The Balaban J connectivity index is 1.52. The summed E-state index contributed by atoms with van der Waals surface area (Å²) in [6, 6.07) is 10.3. The molecule has 1 fully saturated rings. The van der Waals surface area contributed by atoms with Crippen molar-refractivity contribution < 1.29 is 18.4 Å². The minimum Gasteiger partial charge on any atom is -0.334 e. The summed E-state index contributed by atoms with van der Waals surface area (Å²) in [4.78, 5) is 25.9. The predicted molar refractivity (Wildman–Crippen MR) is 88.9 cm³/mol. The lowest BCUT2D eigenvalue weighted by Gasteiger charge is -2.17. The van der Waals surface area contributed by atoms with Crippen LogP contribution in [0.1, 0.15) is 12.0 Å². The highest BCUT2D eigenvalue weighted by molar-refractivity contribution is 6.01. The van der Waals surface area contributed by atoms with Gasteiger partial charge in [-0.2, -0.15) is 0 Å². The van der Waals surface area contributed by atoms with E-state index in [1.807, 2.05) is 0 Å². The molecule has 130 valence electrons. The zero-order chi connectivity index (χ0) is 17.8. The second-order valence-electron chi connectivity index (χ2n) is 5.76. The van der Waals surface area contributed by atoms with Crippen molar-refractivity contribution in [2.75, 3.05) is 11.4 Å². The van der Waals surface area contributed by atoms with Crippen LogP contribution in [0, 0.1) is 11.6 Å². The second kappa shape index (κ2) is 7.29. The van der Waals surface area contributed by atoms with E-state index in [1.165, 1.54) is 41.3 Å². The maximum Gasteiger partial charge on any atom is 0.315 e. The molecule has 1 saturated heterocycles. The summed E-state index contributed by atoms with van der Waals surface area (Å²) in [6.45, 7) is 0.683. The van der Waals surface area contributed by atoms with Gasteiger partial charge in [0, 0.05) is 18.8 Å². The van der Waals surface area contributed by atoms with Gasteiger partial charge >= 0.3 is 6.03 Å². The highest BCUT2D eigenvalue weighted by Crippen LogP contribution is 2.21. The monoisotopic (exact) mass is 345 g/mol. The quantitative estimate of drug-likeness (QED) is 0.895. The van der Waals surface area contributed by atoms with Crippen LogP contribution in [0.25, 0.3) is 0 Å². The number of hydrogen-bond donors (Lipinski definition) is 2. The number of carbonyl (C=O) groups excluding carboxylic acids is 2. The van der Waals surface area contributed by atoms with E-state index < -0.39 is 12.1 Å². The van der Waals surface area contributed by atoms with Gasteiger partial charge in [-0.3, -0.25) is 4.79 Å². The van der Waals surface area contributed by atoms with Crippen molar-refractivity contribution in [3.05, 3.63) is 65.7 Å². The largest absolute Gasteiger partial charge is 0.334 e. The summed E-state index contributed by atoms with van der Waals surface area (Å²) < 4.78 is 25.8. The number of hydrogen-bond acceptors (Lipinski definition) is 2. The lowest BCUT2D eigenvalue weighted by molar-refractivity contribution is -0.118. The molecule has 3 amide bonds. The van der Waals surface area contributed by atoms with Crippen molar-refractivity contribution in [3.8, 4) is 0 Å². The first-order chi connectivity index (χ1) is 12.0. The van der Waals surface area contributed by atoms with Crippen LogP contribution in [0.2, 0.25) is 0 Å². The third-order valence-corrected chi connectivity index (χ3v) is 4.02. The van der Waals surface area contributed by atoms with Crippen LogP contribution in [0.5, 0.6) is 0 Å². The number of carbonyl (C=O) groups is 2. The molecule has 2 aromatic rings. The lowest BCUT2D eigenvalue weighted by atomic mass is 10.2. The zero-order valence-electron chi connectivity index (χ0n) is 13.3. The van der Waals surface area contributed by atoms with Crippen LogP contribution in [0.3, 0.4) is 0 Å². The first-order valence-electron chi connectivity index (χ1n) is 7.89. The van der Waals surface area contributed by atoms with Gasteiger partial charge < -0.3 is 15.5 Å². The minimum atomic E-state index is -0.627. The topological polar surface area (TPSA) is 61.4 Å². The molecule has 0 radical (unpaired) electrons. The van der Waals surface area contributed by atoms with Crippen LogP contribution in [0.4, 0.5) is 19.3 Å². The van der Waals surface area contributed by atoms with E-state index in [0.29, 0.717) is 18.7 Å². The Labute approximate surface area is 143 Å². The molecule has 1 atom stereocenters. The number of urea groups is 1. The molecule has 1 heterocycles. The molecule has 0 unspecified atom stereocenters. The Hall–Kier alpha value is -2.96. The molecule has 3 rings (SSSR count). The highest BCUT2D eigenvalue weighted by Gasteiger charge is 2.33. The van der Waals surface area contributed by atoms with E-state index in [4.69, 9.17) is 0 Å². The predicted octanol–water partition coefficient (Wildman–Crippen LogP) is 2.57. The Kier molecular flexibility index (Phi) is 4.92. The fraction of sp³-hybridized carbons (Fsp3) is 0.222. The van der Waals surface area contributed by atoms with Crippen molar-refractivity contribution in [3.63, 3.8) is 0 Å². The Bertz CT molecular complexity index is 763. The number of nitrogens with one attached hydrogen (secondary N) is 2. The van der Waals surface area contributed by atoms with Gasteiger partial charge in [-0.1, -0.05) is 12.1 Å². The van der Waals surface area contributed by atoms with Crippen molar-refractivity contribution in [1.29, 1.82) is 0 Å². The van der Waals surface area contributed by atoms with Gasteiger partial charge in [-0.15, -0.1) is 0 Å². The highest BCUT2D eigenvalue weighted by atomic mass is 19.1. The van der Waals surface area contributed by atoms with E-state index in [2.05, 4.69) is 10.6 Å². The summed E-state index contributed by atoms with van der Waals surface area (Å²) in [5, 5.41) is 5.27. The Morgan fingerprint density at radius 1 is 1.04 bits per heavy atom. The van der Waals surface area contributed by atoms with Gasteiger partial charge in [-0.05, 0) is 48.4 Å². The van der Waals surface area contributed by atoms with Crippen molar-refractivity contribution >= 4 is 17.6 Å². The van der Waals surface area contributed by atoms with Crippen molar-refractivity contribution in [1.82, 2.24) is 10.6 Å². The Morgan fingerprint density at radius 2 is 1.64 bits per heavy atom. The molecule has 0 saturated carbocycles. The average Bonchev–Trinajstić information content (AvgIpc) is 2.96. The molecule has 7 heteroatoms. The second-order valence-corrected chi connectivity index (χ2v) is 5.76. The first-order valence-corrected chi connectivity index (χ1v) is 7.89. The summed E-state index contributed by atoms with van der Waals surface area (Å²) in [6.07, 6.45) is 0.472. The number of anilines is 1. The van der Waals surface area contributed by atoms with E-state index in [9.17, 15) is 18.4 Å². The fourth-order valence-electron chi connectivity index (χ4n) is 2.69. The molecule has 2 aromatic carbocycles. The third-order valence-electron chi connectivity index (χ3n) is 4.02. The van der Waals surface area contributed by atoms with Gasteiger partial charge in [0.1, 0.15) is 17.7 Å². The van der Waals surface area contributed by atoms with Crippen LogP contribution in [-0.2, 0) is 11.3 Å². The number of halogens is 2. The van der Waals surface area contributed by atoms with E-state index >= 15 is 0 Å². The van der Waals surface area contributed by atoms with Gasteiger partial charge in [0.05, 0.1) is 0 Å². The molecule has 0 bridgehead atoms. The summed E-state index contributed by atoms with van der Waals surface area (Å²) in [5.41, 5.74) is 1.35. The van der Waals surface area contributed by atoms with Gasteiger partial charge in [0.15, 0.2) is 0 Å². The first kappa shape index (κ1) is 16.9. The summed E-state index contributed by atoms with van der Waals surface area (Å²) >= 11 is 0.